The summed E-state index contributed by atoms with van der Waals surface area (Å²) < 4.78 is 5.49. The van der Waals surface area contributed by atoms with Crippen LogP contribution in [0.4, 0.5) is 5.69 Å². The first kappa shape index (κ1) is 24.7. The molecule has 1 fully saturated rings. The maximum atomic E-state index is 12.2. The van der Waals surface area contributed by atoms with E-state index in [2.05, 4.69) is 20.5 Å². The van der Waals surface area contributed by atoms with Gasteiger partial charge in [0.05, 0.1) is 5.69 Å². The Morgan fingerprint density at radius 2 is 1.70 bits per heavy atom. The lowest BCUT2D eigenvalue weighted by Crippen LogP contribution is -2.42. The summed E-state index contributed by atoms with van der Waals surface area (Å²) in [6.07, 6.45) is 7.41. The summed E-state index contributed by atoms with van der Waals surface area (Å²) >= 11 is 0. The number of rotatable bonds is 8. The largest absolute Gasteiger partial charge is 0.482 e. The number of para-hydroxylation sites is 2. The molecular weight excluding hydrogens is 493 g/mol. The maximum Gasteiger partial charge on any atom is 0.265 e. The Morgan fingerprint density at radius 3 is 2.40 bits per heavy atom. The van der Waals surface area contributed by atoms with Gasteiger partial charge >= 0.3 is 0 Å². The standard InChI is InChI=1S/C22H35N5O2.HI/c1-23-22(24-12-8-16-26-14-6-2-3-7-15-26)25-13-9-17-27-19-10-4-5-11-20(19)29-18-21(27)28;/h4-5,10-11H,2-3,6-9,12-18H2,1H3,(H2,23,24,25);1H. The van der Waals surface area contributed by atoms with Gasteiger partial charge in [-0.15, -0.1) is 24.0 Å². The van der Waals surface area contributed by atoms with Crippen LogP contribution in [0.1, 0.15) is 38.5 Å². The molecule has 0 saturated carbocycles. The van der Waals surface area contributed by atoms with Gasteiger partial charge in [-0.25, -0.2) is 0 Å². The lowest BCUT2D eigenvalue weighted by atomic mass is 10.2. The van der Waals surface area contributed by atoms with Gasteiger partial charge in [0, 0.05) is 26.7 Å². The predicted molar refractivity (Wildman–Crippen MR) is 133 cm³/mol. The molecule has 3 rings (SSSR count). The summed E-state index contributed by atoms with van der Waals surface area (Å²) in [5.74, 6) is 1.62. The van der Waals surface area contributed by atoms with Gasteiger partial charge in [-0.05, 0) is 57.5 Å². The highest BCUT2D eigenvalue weighted by Crippen LogP contribution is 2.31. The van der Waals surface area contributed by atoms with Gasteiger partial charge in [0.1, 0.15) is 5.75 Å². The van der Waals surface area contributed by atoms with Crippen molar-refractivity contribution >= 4 is 41.5 Å². The second-order valence-electron chi connectivity index (χ2n) is 7.69. The summed E-state index contributed by atoms with van der Waals surface area (Å²) in [6.45, 7) is 6.11. The fourth-order valence-electron chi connectivity index (χ4n) is 3.93. The van der Waals surface area contributed by atoms with Crippen molar-refractivity contribution in [1.82, 2.24) is 15.5 Å². The lowest BCUT2D eigenvalue weighted by molar-refractivity contribution is -0.121. The molecule has 1 amide bonds. The van der Waals surface area contributed by atoms with Crippen LogP contribution in [-0.4, -0.2) is 69.7 Å². The van der Waals surface area contributed by atoms with E-state index in [4.69, 9.17) is 4.74 Å². The number of halogens is 1. The number of hydrogen-bond donors (Lipinski definition) is 2. The average molecular weight is 529 g/mol. The fraction of sp³-hybridized carbons (Fsp3) is 0.636. The first-order valence-electron chi connectivity index (χ1n) is 11.0. The number of guanidine groups is 1. The Hall–Kier alpha value is -1.55. The highest BCUT2D eigenvalue weighted by molar-refractivity contribution is 14.0. The van der Waals surface area contributed by atoms with Gasteiger partial charge < -0.3 is 25.2 Å². The van der Waals surface area contributed by atoms with Crippen LogP contribution < -0.4 is 20.3 Å². The molecule has 0 bridgehead atoms. The highest BCUT2D eigenvalue weighted by Gasteiger charge is 2.24. The van der Waals surface area contributed by atoms with Crippen molar-refractivity contribution < 1.29 is 9.53 Å². The molecule has 0 atom stereocenters. The number of carbonyl (C=O) groups excluding carboxylic acids is 1. The third-order valence-electron chi connectivity index (χ3n) is 5.53. The molecule has 1 aromatic rings. The molecule has 2 heterocycles. The van der Waals surface area contributed by atoms with E-state index in [9.17, 15) is 4.79 Å². The summed E-state index contributed by atoms with van der Waals surface area (Å²) in [7, 11) is 1.80. The predicted octanol–water partition coefficient (Wildman–Crippen LogP) is 2.85. The van der Waals surface area contributed by atoms with E-state index in [1.165, 1.54) is 38.8 Å². The number of likely N-dealkylation sites (tertiary alicyclic amines) is 1. The number of hydrogen-bond acceptors (Lipinski definition) is 4. The van der Waals surface area contributed by atoms with Crippen LogP contribution in [0.15, 0.2) is 29.3 Å². The second-order valence-corrected chi connectivity index (χ2v) is 7.69. The maximum absolute atomic E-state index is 12.2. The molecule has 2 aliphatic rings. The number of ether oxygens (including phenoxy) is 1. The Balaban J connectivity index is 0.00000320. The Labute approximate surface area is 197 Å². The van der Waals surface area contributed by atoms with Crippen molar-refractivity contribution in [3.63, 3.8) is 0 Å². The molecule has 8 heteroatoms. The first-order chi connectivity index (χ1) is 14.3. The number of nitrogens with one attached hydrogen (secondary N) is 2. The zero-order chi connectivity index (χ0) is 20.3. The second kappa shape index (κ2) is 13.7. The molecule has 0 unspecified atom stereocenters. The lowest BCUT2D eigenvalue weighted by Gasteiger charge is -2.29. The minimum absolute atomic E-state index is 0. The van der Waals surface area contributed by atoms with Gasteiger partial charge in [-0.3, -0.25) is 9.79 Å². The van der Waals surface area contributed by atoms with Crippen LogP contribution in [0, 0.1) is 0 Å². The van der Waals surface area contributed by atoms with Crippen molar-refractivity contribution in [3.8, 4) is 5.75 Å². The highest BCUT2D eigenvalue weighted by atomic mass is 127. The fourth-order valence-corrected chi connectivity index (χ4v) is 3.93. The molecule has 0 spiro atoms. The Kier molecular flexibility index (Phi) is 11.3. The zero-order valence-corrected chi connectivity index (χ0v) is 20.4. The minimum Gasteiger partial charge on any atom is -0.482 e. The van der Waals surface area contributed by atoms with Crippen LogP contribution in [0.5, 0.6) is 5.75 Å². The normalized spacial score (nSPS) is 17.4. The van der Waals surface area contributed by atoms with E-state index in [-0.39, 0.29) is 36.5 Å². The molecule has 7 nitrogen and oxygen atoms in total. The molecule has 0 aromatic heterocycles. The number of aliphatic imine (C=N–C) groups is 1. The number of fused-ring (bicyclic) bond motifs is 1. The monoisotopic (exact) mass is 529 g/mol. The molecule has 1 saturated heterocycles. The van der Waals surface area contributed by atoms with E-state index in [1.54, 1.807) is 7.05 Å². The number of nitrogens with zero attached hydrogens (tertiary/aromatic N) is 3. The van der Waals surface area contributed by atoms with E-state index in [0.29, 0.717) is 6.54 Å². The Bertz CT molecular complexity index is 677. The minimum atomic E-state index is 0. The van der Waals surface area contributed by atoms with Gasteiger partial charge in [0.2, 0.25) is 0 Å². The van der Waals surface area contributed by atoms with Crippen LogP contribution in [-0.2, 0) is 4.79 Å². The molecule has 168 valence electrons. The summed E-state index contributed by atoms with van der Waals surface area (Å²) in [5, 5.41) is 6.75. The molecule has 2 N–H and O–H groups in total. The quantitative estimate of drug-likeness (QED) is 0.235. The molecule has 2 aliphatic heterocycles. The van der Waals surface area contributed by atoms with E-state index in [0.717, 1.165) is 49.9 Å². The van der Waals surface area contributed by atoms with Gasteiger partial charge in [-0.1, -0.05) is 25.0 Å². The number of anilines is 1. The molecule has 0 radical (unpaired) electrons. The average Bonchev–Trinajstić information content (AvgIpc) is 3.02. The number of benzene rings is 1. The SMILES string of the molecule is CN=C(NCCCN1CCCCCC1)NCCCN1C(=O)COc2ccccc21.I. The van der Waals surface area contributed by atoms with E-state index in [1.807, 2.05) is 29.2 Å². The molecular formula is C22H36IN5O2. The van der Waals surface area contributed by atoms with Gasteiger partial charge in [0.25, 0.3) is 5.91 Å². The van der Waals surface area contributed by atoms with Crippen molar-refractivity contribution in [3.05, 3.63) is 24.3 Å². The van der Waals surface area contributed by atoms with Crippen LogP contribution >= 0.6 is 24.0 Å². The zero-order valence-electron chi connectivity index (χ0n) is 18.1. The van der Waals surface area contributed by atoms with Crippen molar-refractivity contribution in [2.24, 2.45) is 4.99 Å². The summed E-state index contributed by atoms with van der Waals surface area (Å²) in [4.78, 5) is 20.9. The summed E-state index contributed by atoms with van der Waals surface area (Å²) in [5.41, 5.74) is 0.861. The van der Waals surface area contributed by atoms with Crippen LogP contribution in [0.2, 0.25) is 0 Å². The summed E-state index contributed by atoms with van der Waals surface area (Å²) in [6, 6.07) is 7.70. The number of amides is 1. The Morgan fingerprint density at radius 1 is 1.03 bits per heavy atom. The van der Waals surface area contributed by atoms with Gasteiger partial charge in [-0.2, -0.15) is 0 Å². The smallest absolute Gasteiger partial charge is 0.265 e. The van der Waals surface area contributed by atoms with E-state index >= 15 is 0 Å². The van der Waals surface area contributed by atoms with Crippen molar-refractivity contribution in [1.29, 1.82) is 0 Å². The van der Waals surface area contributed by atoms with Crippen LogP contribution in [0.25, 0.3) is 0 Å². The van der Waals surface area contributed by atoms with Crippen molar-refractivity contribution in [2.75, 3.05) is 57.8 Å². The first-order valence-corrected chi connectivity index (χ1v) is 11.0. The van der Waals surface area contributed by atoms with Gasteiger partial charge in [0.15, 0.2) is 12.6 Å². The van der Waals surface area contributed by atoms with Crippen LogP contribution in [0.3, 0.4) is 0 Å². The molecule has 0 aliphatic carbocycles. The third kappa shape index (κ3) is 7.61. The molecule has 1 aromatic carbocycles. The van der Waals surface area contributed by atoms with Crippen molar-refractivity contribution in [2.45, 2.75) is 38.5 Å². The number of carbonyl (C=O) groups is 1. The van der Waals surface area contributed by atoms with E-state index < -0.39 is 0 Å². The molecule has 30 heavy (non-hydrogen) atoms. The third-order valence-corrected chi connectivity index (χ3v) is 5.53. The topological polar surface area (TPSA) is 69.2 Å².